The molecule has 0 radical (unpaired) electrons. The van der Waals surface area contributed by atoms with Crippen LogP contribution in [0.1, 0.15) is 12.5 Å². The van der Waals surface area contributed by atoms with Gasteiger partial charge in [0.05, 0.1) is 6.10 Å². The smallest absolute Gasteiger partial charge is 0.411 e. The molecule has 0 saturated carbocycles. The maximum Gasteiger partial charge on any atom is 0.411 e. The minimum absolute atomic E-state index is 0.113. The Balaban J connectivity index is 2.71. The van der Waals surface area contributed by atoms with Crippen molar-refractivity contribution in [2.75, 3.05) is 17.2 Å². The van der Waals surface area contributed by atoms with E-state index in [0.717, 1.165) is 5.56 Å². The van der Waals surface area contributed by atoms with E-state index < -0.39 is 18.3 Å². The van der Waals surface area contributed by atoms with Crippen LogP contribution < -0.4 is 10.6 Å². The molecule has 1 atom stereocenters. The van der Waals surface area contributed by atoms with Crippen LogP contribution >= 0.6 is 0 Å². The molecule has 7 nitrogen and oxygen atoms in total. The van der Waals surface area contributed by atoms with Crippen LogP contribution in [-0.4, -0.2) is 35.1 Å². The van der Waals surface area contributed by atoms with E-state index in [1.54, 1.807) is 19.1 Å². The van der Waals surface area contributed by atoms with E-state index in [2.05, 4.69) is 10.6 Å². The Morgan fingerprint density at radius 1 is 1.37 bits per heavy atom. The lowest BCUT2D eigenvalue weighted by molar-refractivity contribution is 0.0858. The highest BCUT2D eigenvalue weighted by Crippen LogP contribution is 2.20. The Bertz CT molecular complexity index is 473. The summed E-state index contributed by atoms with van der Waals surface area (Å²) >= 11 is 0. The molecule has 2 amide bonds. The molecule has 4 N–H and O–H groups in total. The van der Waals surface area contributed by atoms with Gasteiger partial charge in [-0.05, 0) is 31.5 Å². The molecule has 0 bridgehead atoms. The molecule has 0 fully saturated rings. The number of hydrogen-bond acceptors (Lipinski definition) is 4. The van der Waals surface area contributed by atoms with Gasteiger partial charge in [0.15, 0.2) is 0 Å². The number of hydrogen-bond donors (Lipinski definition) is 4. The van der Waals surface area contributed by atoms with Crippen molar-refractivity contribution < 1.29 is 24.5 Å². The molecule has 0 spiro atoms. The predicted octanol–water partition coefficient (Wildman–Crippen LogP) is 2.01. The highest BCUT2D eigenvalue weighted by atomic mass is 16.6. The average Bonchev–Trinajstić information content (AvgIpc) is 2.30. The van der Waals surface area contributed by atoms with E-state index in [1.165, 1.54) is 13.0 Å². The van der Waals surface area contributed by atoms with Crippen molar-refractivity contribution in [3.8, 4) is 0 Å². The molecule has 1 unspecified atom stereocenters. The Morgan fingerprint density at radius 2 is 2.05 bits per heavy atom. The molecular formula is C12H16N2O5. The number of rotatable bonds is 4. The number of aliphatic hydroxyl groups excluding tert-OH is 1. The van der Waals surface area contributed by atoms with Gasteiger partial charge in [-0.1, -0.05) is 6.07 Å². The van der Waals surface area contributed by atoms with Gasteiger partial charge in [-0.2, -0.15) is 0 Å². The SMILES string of the molecule is Cc1ccc(NC(=O)O)cc1NC(=O)OCC(C)O. The van der Waals surface area contributed by atoms with Crippen LogP contribution in [-0.2, 0) is 4.74 Å². The topological polar surface area (TPSA) is 108 Å². The number of ether oxygens (including phenoxy) is 1. The quantitative estimate of drug-likeness (QED) is 0.668. The van der Waals surface area contributed by atoms with Crippen LogP contribution in [0.5, 0.6) is 0 Å². The molecule has 7 heteroatoms. The third-order valence-electron chi connectivity index (χ3n) is 2.18. The highest BCUT2D eigenvalue weighted by molar-refractivity contribution is 5.89. The monoisotopic (exact) mass is 268 g/mol. The van der Waals surface area contributed by atoms with Crippen LogP contribution in [0.25, 0.3) is 0 Å². The number of carboxylic acid groups (broad SMARTS) is 1. The minimum Gasteiger partial charge on any atom is -0.465 e. The molecule has 1 aromatic rings. The minimum atomic E-state index is -1.19. The Hall–Kier alpha value is -2.28. The second-order valence-electron chi connectivity index (χ2n) is 4.03. The van der Waals surface area contributed by atoms with E-state index >= 15 is 0 Å². The lowest BCUT2D eigenvalue weighted by Gasteiger charge is -2.11. The first-order chi connectivity index (χ1) is 8.88. The second-order valence-corrected chi connectivity index (χ2v) is 4.03. The molecular weight excluding hydrogens is 252 g/mol. The zero-order valence-corrected chi connectivity index (χ0v) is 10.6. The largest absolute Gasteiger partial charge is 0.465 e. The Kier molecular flexibility index (Phi) is 5.13. The van der Waals surface area contributed by atoms with Gasteiger partial charge in [-0.25, -0.2) is 9.59 Å². The summed E-state index contributed by atoms with van der Waals surface area (Å²) in [7, 11) is 0. The summed E-state index contributed by atoms with van der Waals surface area (Å²) < 4.78 is 4.75. The summed E-state index contributed by atoms with van der Waals surface area (Å²) in [5.74, 6) is 0. The number of aliphatic hydroxyl groups is 1. The van der Waals surface area contributed by atoms with Crippen molar-refractivity contribution in [3.63, 3.8) is 0 Å². The maximum atomic E-state index is 11.4. The van der Waals surface area contributed by atoms with Gasteiger partial charge in [0.1, 0.15) is 6.61 Å². The Morgan fingerprint density at radius 3 is 2.63 bits per heavy atom. The summed E-state index contributed by atoms with van der Waals surface area (Å²) in [5.41, 5.74) is 1.52. The molecule has 1 rings (SSSR count). The van der Waals surface area contributed by atoms with Crippen LogP contribution in [0.15, 0.2) is 18.2 Å². The molecule has 0 heterocycles. The van der Waals surface area contributed by atoms with Crippen molar-refractivity contribution >= 4 is 23.6 Å². The summed E-state index contributed by atoms with van der Waals surface area (Å²) in [6.45, 7) is 3.14. The van der Waals surface area contributed by atoms with Crippen LogP contribution in [0.2, 0.25) is 0 Å². The number of aryl methyl sites for hydroxylation is 1. The number of amides is 2. The van der Waals surface area contributed by atoms with Gasteiger partial charge in [-0.15, -0.1) is 0 Å². The second kappa shape index (κ2) is 6.60. The van der Waals surface area contributed by atoms with Gasteiger partial charge in [0.25, 0.3) is 0 Å². The number of benzene rings is 1. The number of nitrogens with one attached hydrogen (secondary N) is 2. The van der Waals surface area contributed by atoms with Gasteiger partial charge in [0.2, 0.25) is 0 Å². The van der Waals surface area contributed by atoms with Crippen molar-refractivity contribution in [2.24, 2.45) is 0 Å². The van der Waals surface area contributed by atoms with E-state index in [-0.39, 0.29) is 6.61 Å². The molecule has 0 aliphatic heterocycles. The van der Waals surface area contributed by atoms with Crippen molar-refractivity contribution in [1.82, 2.24) is 0 Å². The van der Waals surface area contributed by atoms with Crippen LogP contribution in [0.4, 0.5) is 21.0 Å². The van der Waals surface area contributed by atoms with Crippen LogP contribution in [0.3, 0.4) is 0 Å². The molecule has 0 aliphatic rings. The first kappa shape index (κ1) is 14.8. The number of carbonyl (C=O) groups is 2. The predicted molar refractivity (Wildman–Crippen MR) is 69.5 cm³/mol. The zero-order valence-electron chi connectivity index (χ0n) is 10.6. The van der Waals surface area contributed by atoms with E-state index in [1.807, 2.05) is 0 Å². The fourth-order valence-corrected chi connectivity index (χ4v) is 1.30. The van der Waals surface area contributed by atoms with E-state index in [4.69, 9.17) is 14.9 Å². The zero-order chi connectivity index (χ0) is 14.4. The van der Waals surface area contributed by atoms with Crippen LogP contribution in [0, 0.1) is 6.92 Å². The van der Waals surface area contributed by atoms with Gasteiger partial charge < -0.3 is 14.9 Å². The van der Waals surface area contributed by atoms with Gasteiger partial charge >= 0.3 is 12.2 Å². The summed E-state index contributed by atoms with van der Waals surface area (Å²) in [6, 6.07) is 4.72. The van der Waals surface area contributed by atoms with E-state index in [9.17, 15) is 9.59 Å². The summed E-state index contributed by atoms with van der Waals surface area (Å²) in [4.78, 5) is 21.9. The van der Waals surface area contributed by atoms with Crippen molar-refractivity contribution in [1.29, 1.82) is 0 Å². The normalized spacial score (nSPS) is 11.5. The molecule has 104 valence electrons. The molecule has 0 aromatic heterocycles. The fraction of sp³-hybridized carbons (Fsp3) is 0.333. The van der Waals surface area contributed by atoms with Gasteiger partial charge in [-0.3, -0.25) is 10.6 Å². The van der Waals surface area contributed by atoms with Crippen molar-refractivity contribution in [3.05, 3.63) is 23.8 Å². The first-order valence-corrected chi connectivity index (χ1v) is 5.61. The summed E-state index contributed by atoms with van der Waals surface area (Å²) in [5, 5.41) is 22.2. The molecule has 1 aromatic carbocycles. The number of carbonyl (C=O) groups excluding carboxylic acids is 1. The Labute approximate surface area is 110 Å². The average molecular weight is 268 g/mol. The van der Waals surface area contributed by atoms with Gasteiger partial charge in [0, 0.05) is 11.4 Å². The lowest BCUT2D eigenvalue weighted by atomic mass is 10.2. The highest BCUT2D eigenvalue weighted by Gasteiger charge is 2.08. The molecule has 19 heavy (non-hydrogen) atoms. The molecule has 0 aliphatic carbocycles. The van der Waals surface area contributed by atoms with E-state index in [0.29, 0.717) is 11.4 Å². The maximum absolute atomic E-state index is 11.4. The fourth-order valence-electron chi connectivity index (χ4n) is 1.30. The standard InChI is InChI=1S/C12H16N2O5/c1-7-3-4-9(13-11(16)17)5-10(7)14-12(18)19-6-8(2)15/h3-5,8,13,15H,6H2,1-2H3,(H,14,18)(H,16,17). The first-order valence-electron chi connectivity index (χ1n) is 5.61. The lowest BCUT2D eigenvalue weighted by Crippen LogP contribution is -2.20. The third kappa shape index (κ3) is 5.26. The molecule has 0 saturated heterocycles. The van der Waals surface area contributed by atoms with Crippen molar-refractivity contribution in [2.45, 2.75) is 20.0 Å². The summed E-state index contributed by atoms with van der Waals surface area (Å²) in [6.07, 6.45) is -2.64. The number of anilines is 2. The third-order valence-corrected chi connectivity index (χ3v) is 2.18.